The highest BCUT2D eigenvalue weighted by molar-refractivity contribution is 6.35. The molecule has 1 rings (SSSR count). The van der Waals surface area contributed by atoms with Crippen LogP contribution in [0.2, 0.25) is 10.0 Å². The van der Waals surface area contributed by atoms with Crippen molar-refractivity contribution in [3.8, 4) is 5.75 Å². The summed E-state index contributed by atoms with van der Waals surface area (Å²) in [6.45, 7) is 2.03. The number of benzene rings is 1. The van der Waals surface area contributed by atoms with Crippen LogP contribution in [0.1, 0.15) is 5.56 Å². The molecule has 0 fully saturated rings. The molecule has 0 saturated carbocycles. The maximum atomic E-state index is 11.5. The van der Waals surface area contributed by atoms with E-state index >= 15 is 0 Å². The van der Waals surface area contributed by atoms with E-state index in [4.69, 9.17) is 27.9 Å². The van der Waals surface area contributed by atoms with Gasteiger partial charge in [-0.15, -0.1) is 0 Å². The average Bonchev–Trinajstić information content (AvgIpc) is 2.19. The number of nitrogens with two attached hydrogens (primary N) is 1. The third-order valence-corrected chi connectivity index (χ3v) is 2.47. The molecule has 0 amide bonds. The first-order chi connectivity index (χ1) is 7.15. The van der Waals surface area contributed by atoms with E-state index in [0.717, 1.165) is 6.54 Å². The van der Waals surface area contributed by atoms with E-state index in [9.17, 15) is 5.11 Å². The van der Waals surface area contributed by atoms with Gasteiger partial charge in [0.2, 0.25) is 0 Å². The first-order valence-electron chi connectivity index (χ1n) is 4.60. The Labute approximate surface area is 99.0 Å². The second kappa shape index (κ2) is 6.18. The van der Waals surface area contributed by atoms with E-state index < -0.39 is 0 Å². The molecule has 3 nitrogen and oxygen atoms in total. The fraction of sp³-hybridized carbons (Fsp3) is 0.400. The molecule has 0 heterocycles. The van der Waals surface area contributed by atoms with Gasteiger partial charge in [0, 0.05) is 22.7 Å². The van der Waals surface area contributed by atoms with Gasteiger partial charge in [-0.05, 0) is 12.1 Å². The summed E-state index contributed by atoms with van der Waals surface area (Å²) in [7, 11) is 1.64. The predicted molar refractivity (Wildman–Crippen MR) is 58.3 cm³/mol. The zero-order valence-electron chi connectivity index (χ0n) is 8.43. The molecule has 0 unspecified atom stereocenters. The second-order valence-electron chi connectivity index (χ2n) is 3.15. The molecule has 2 N–H and O–H groups in total. The van der Waals surface area contributed by atoms with Crippen LogP contribution in [0.3, 0.4) is 0 Å². The summed E-state index contributed by atoms with van der Waals surface area (Å²) in [4.78, 5) is 0. The Balaban J connectivity index is 2.60. The van der Waals surface area contributed by atoms with Crippen LogP contribution < -0.4 is 10.4 Å². The minimum atomic E-state index is -0.144. The second-order valence-corrected chi connectivity index (χ2v) is 3.99. The molecule has 1 aromatic carbocycles. The molecule has 0 aliphatic carbocycles. The monoisotopic (exact) mass is 249 g/mol. The third-order valence-electron chi connectivity index (χ3n) is 1.98. The van der Waals surface area contributed by atoms with Gasteiger partial charge < -0.3 is 15.2 Å². The van der Waals surface area contributed by atoms with Gasteiger partial charge in [-0.1, -0.05) is 29.0 Å². The normalized spacial score (nSPS) is 10.6. The summed E-state index contributed by atoms with van der Waals surface area (Å²) in [5.74, 6) is -0.144. The standard InChI is InChI=1S/C10H13Cl2NO2/c1-15-3-2-13-6-7-4-8(11)5-9(12)10(7)14/h4-5,13-14H,2-3,6H2,1H3. The third kappa shape index (κ3) is 3.87. The molecule has 0 spiro atoms. The fourth-order valence-corrected chi connectivity index (χ4v) is 1.76. The molecule has 0 bridgehead atoms. The van der Waals surface area contributed by atoms with Gasteiger partial charge in [0.15, 0.2) is 0 Å². The van der Waals surface area contributed by atoms with Crippen LogP contribution in [0.25, 0.3) is 0 Å². The number of hydrogen-bond donors (Lipinski definition) is 1. The molecule has 0 aromatic heterocycles. The van der Waals surface area contributed by atoms with Gasteiger partial charge in [-0.25, -0.2) is 0 Å². The summed E-state index contributed by atoms with van der Waals surface area (Å²) in [6, 6.07) is 3.11. The summed E-state index contributed by atoms with van der Waals surface area (Å²) in [5.41, 5.74) is 0.628. The highest BCUT2D eigenvalue weighted by Crippen LogP contribution is 2.28. The number of hydrogen-bond acceptors (Lipinski definition) is 2. The molecule has 0 aliphatic heterocycles. The summed E-state index contributed by atoms with van der Waals surface area (Å²) >= 11 is 11.5. The van der Waals surface area contributed by atoms with Crippen molar-refractivity contribution in [3.63, 3.8) is 0 Å². The van der Waals surface area contributed by atoms with Crippen LogP contribution in [0.5, 0.6) is 5.75 Å². The molecular weight excluding hydrogens is 237 g/mol. The number of ether oxygens (including phenoxy) is 1. The minimum absolute atomic E-state index is 0.144. The van der Waals surface area contributed by atoms with Gasteiger partial charge in [0.25, 0.3) is 0 Å². The lowest BCUT2D eigenvalue weighted by Crippen LogP contribution is -2.83. The van der Waals surface area contributed by atoms with Gasteiger partial charge in [-0.3, -0.25) is 0 Å². The van der Waals surface area contributed by atoms with E-state index in [1.807, 2.05) is 5.32 Å². The smallest absolute Gasteiger partial charge is 0.101 e. The van der Waals surface area contributed by atoms with Gasteiger partial charge in [0.05, 0.1) is 13.2 Å². The minimum Gasteiger partial charge on any atom is -0.871 e. The summed E-state index contributed by atoms with van der Waals surface area (Å²) in [5, 5.41) is 14.2. The van der Waals surface area contributed by atoms with Crippen molar-refractivity contribution >= 4 is 23.2 Å². The molecule has 15 heavy (non-hydrogen) atoms. The van der Waals surface area contributed by atoms with Crippen LogP contribution in [0, 0.1) is 0 Å². The summed E-state index contributed by atoms with van der Waals surface area (Å²) in [6.07, 6.45) is 0. The Morgan fingerprint density at radius 3 is 2.80 bits per heavy atom. The van der Waals surface area contributed by atoms with Crippen LogP contribution in [-0.4, -0.2) is 20.3 Å². The van der Waals surface area contributed by atoms with Crippen LogP contribution in [-0.2, 0) is 11.3 Å². The summed E-state index contributed by atoms with van der Waals surface area (Å²) < 4.78 is 4.90. The van der Waals surface area contributed by atoms with Crippen molar-refractivity contribution in [2.75, 3.05) is 20.3 Å². The number of halogens is 2. The van der Waals surface area contributed by atoms with Crippen molar-refractivity contribution < 1.29 is 15.2 Å². The van der Waals surface area contributed by atoms with E-state index in [1.54, 1.807) is 13.2 Å². The van der Waals surface area contributed by atoms with Crippen LogP contribution >= 0.6 is 23.2 Å². The molecular formula is C10H13Cl2NO2. The van der Waals surface area contributed by atoms with Crippen molar-refractivity contribution in [1.82, 2.24) is 0 Å². The van der Waals surface area contributed by atoms with Gasteiger partial charge in [0.1, 0.15) is 6.54 Å². The highest BCUT2D eigenvalue weighted by Gasteiger charge is 2.02. The van der Waals surface area contributed by atoms with Gasteiger partial charge in [-0.2, -0.15) is 0 Å². The number of methoxy groups -OCH3 is 1. The molecule has 0 atom stereocenters. The molecule has 5 heteroatoms. The lowest BCUT2D eigenvalue weighted by Gasteiger charge is -2.14. The molecule has 0 saturated heterocycles. The zero-order chi connectivity index (χ0) is 11.3. The highest BCUT2D eigenvalue weighted by atomic mass is 35.5. The van der Waals surface area contributed by atoms with E-state index in [1.165, 1.54) is 6.07 Å². The zero-order valence-corrected chi connectivity index (χ0v) is 9.94. The topological polar surface area (TPSA) is 48.9 Å². The van der Waals surface area contributed by atoms with Crippen LogP contribution in [0.15, 0.2) is 12.1 Å². The lowest BCUT2D eigenvalue weighted by atomic mass is 10.2. The van der Waals surface area contributed by atoms with Crippen molar-refractivity contribution in [3.05, 3.63) is 27.7 Å². The van der Waals surface area contributed by atoms with E-state index in [-0.39, 0.29) is 10.8 Å². The molecule has 0 aliphatic rings. The first-order valence-corrected chi connectivity index (χ1v) is 5.36. The first kappa shape index (κ1) is 12.6. The van der Waals surface area contributed by atoms with Crippen molar-refractivity contribution in [2.24, 2.45) is 0 Å². The Hall–Kier alpha value is -0.480. The molecule has 0 radical (unpaired) electrons. The van der Waals surface area contributed by atoms with E-state index in [0.29, 0.717) is 23.7 Å². The van der Waals surface area contributed by atoms with Crippen molar-refractivity contribution in [2.45, 2.75) is 6.54 Å². The maximum Gasteiger partial charge on any atom is 0.101 e. The fourth-order valence-electron chi connectivity index (χ4n) is 1.22. The Morgan fingerprint density at radius 2 is 2.13 bits per heavy atom. The number of quaternary nitrogens is 1. The Kier molecular flexibility index (Phi) is 5.19. The quantitative estimate of drug-likeness (QED) is 0.785. The largest absolute Gasteiger partial charge is 0.871 e. The molecule has 1 aromatic rings. The maximum absolute atomic E-state index is 11.5. The Morgan fingerprint density at radius 1 is 1.40 bits per heavy atom. The SMILES string of the molecule is COCC[NH2+]Cc1cc(Cl)cc(Cl)c1[O-]. The number of rotatable bonds is 5. The Bertz CT molecular complexity index is 331. The lowest BCUT2D eigenvalue weighted by molar-refractivity contribution is -0.672. The average molecular weight is 250 g/mol. The molecule has 84 valence electrons. The van der Waals surface area contributed by atoms with Crippen LogP contribution in [0.4, 0.5) is 0 Å². The van der Waals surface area contributed by atoms with Gasteiger partial charge >= 0.3 is 0 Å². The van der Waals surface area contributed by atoms with Crippen molar-refractivity contribution in [1.29, 1.82) is 0 Å². The predicted octanol–water partition coefficient (Wildman–Crippen LogP) is 0.777. The van der Waals surface area contributed by atoms with E-state index in [2.05, 4.69) is 0 Å².